The summed E-state index contributed by atoms with van der Waals surface area (Å²) in [4.78, 5) is 15.3. The topological polar surface area (TPSA) is 78.5 Å². The van der Waals surface area contributed by atoms with Gasteiger partial charge in [0.1, 0.15) is 0 Å². The average Bonchev–Trinajstić information content (AvgIpc) is 2.80. The minimum Gasteiger partial charge on any atom is -0.349 e. The molecule has 2 N–H and O–H groups in total. The average molecular weight is 492 g/mol. The molecule has 0 bridgehead atoms. The number of nitrogens with zero attached hydrogens (tertiary/aromatic N) is 1. The van der Waals surface area contributed by atoms with Gasteiger partial charge in [-0.25, -0.2) is 8.42 Å². The maximum absolute atomic E-state index is 12.9. The molecule has 180 valence electrons. The van der Waals surface area contributed by atoms with Crippen LogP contribution in [0.4, 0.5) is 5.69 Å². The normalized spacial score (nSPS) is 15.4. The van der Waals surface area contributed by atoms with Crippen molar-refractivity contribution in [3.05, 3.63) is 58.6 Å². The van der Waals surface area contributed by atoms with Crippen LogP contribution in [0.25, 0.3) is 0 Å². The van der Waals surface area contributed by atoms with Crippen LogP contribution in [0.15, 0.2) is 47.4 Å². The molecule has 0 aromatic heterocycles. The van der Waals surface area contributed by atoms with E-state index in [2.05, 4.69) is 28.8 Å². The van der Waals surface area contributed by atoms with Gasteiger partial charge >= 0.3 is 0 Å². The molecule has 0 radical (unpaired) electrons. The van der Waals surface area contributed by atoms with E-state index >= 15 is 0 Å². The molecule has 1 amide bonds. The Bertz CT molecular complexity index is 1030. The smallest absolute Gasteiger partial charge is 0.261 e. The number of sulfonamides is 1. The first-order valence-corrected chi connectivity index (χ1v) is 13.6. The summed E-state index contributed by atoms with van der Waals surface area (Å²) in [6.45, 7) is 7.26. The predicted octanol–water partition coefficient (Wildman–Crippen LogP) is 5.09. The molecule has 3 rings (SSSR count). The second-order valence-electron chi connectivity index (χ2n) is 8.64. The highest BCUT2D eigenvalue weighted by molar-refractivity contribution is 7.92. The maximum Gasteiger partial charge on any atom is 0.261 e. The van der Waals surface area contributed by atoms with Crippen LogP contribution in [-0.4, -0.2) is 44.9 Å². The van der Waals surface area contributed by atoms with E-state index in [0.29, 0.717) is 5.69 Å². The molecule has 1 fully saturated rings. The van der Waals surface area contributed by atoms with Crippen LogP contribution >= 0.6 is 11.6 Å². The van der Waals surface area contributed by atoms with Crippen LogP contribution in [0.2, 0.25) is 5.02 Å². The zero-order chi connectivity index (χ0) is 23.8. The van der Waals surface area contributed by atoms with E-state index in [4.69, 9.17) is 11.6 Å². The van der Waals surface area contributed by atoms with E-state index in [1.165, 1.54) is 23.8 Å². The Morgan fingerprint density at radius 1 is 1.06 bits per heavy atom. The minimum atomic E-state index is -3.86. The van der Waals surface area contributed by atoms with E-state index < -0.39 is 10.0 Å². The van der Waals surface area contributed by atoms with Crippen molar-refractivity contribution in [2.45, 2.75) is 63.3 Å². The third-order valence-corrected chi connectivity index (χ3v) is 7.69. The molecule has 1 heterocycles. The summed E-state index contributed by atoms with van der Waals surface area (Å²) < 4.78 is 28.5. The number of piperidine rings is 1. The molecule has 2 aromatic rings. The summed E-state index contributed by atoms with van der Waals surface area (Å²) in [5.74, 6) is -0.341. The molecule has 0 saturated carbocycles. The van der Waals surface area contributed by atoms with Crippen molar-refractivity contribution in [1.82, 2.24) is 10.2 Å². The first kappa shape index (κ1) is 25.5. The second kappa shape index (κ2) is 11.9. The van der Waals surface area contributed by atoms with Gasteiger partial charge in [-0.15, -0.1) is 0 Å². The molecule has 1 aliphatic rings. The number of carbonyl (C=O) groups excluding carboxylic acids is 1. The molecule has 33 heavy (non-hydrogen) atoms. The van der Waals surface area contributed by atoms with E-state index in [9.17, 15) is 13.2 Å². The Morgan fingerprint density at radius 3 is 2.39 bits per heavy atom. The molecule has 2 aromatic carbocycles. The van der Waals surface area contributed by atoms with Gasteiger partial charge in [-0.1, -0.05) is 44.0 Å². The number of nitrogens with one attached hydrogen (secondary N) is 2. The molecule has 6 nitrogen and oxygen atoms in total. The first-order chi connectivity index (χ1) is 15.8. The van der Waals surface area contributed by atoms with Crippen LogP contribution in [-0.2, 0) is 16.4 Å². The Balaban J connectivity index is 1.67. The lowest BCUT2D eigenvalue weighted by atomic mass is 10.0. The number of rotatable bonds is 10. The molecule has 0 aliphatic carbocycles. The standard InChI is InChI=1S/C25H34ClN3O3S/c1-3-5-6-19-7-9-21(10-8-19)28-33(31,32)22-11-12-24(26)23(18-22)25(30)27-20-13-16-29(15-4-2)17-14-20/h7-12,18,20,28H,3-6,13-17H2,1-2H3,(H,27,30). The third kappa shape index (κ3) is 7.19. The fourth-order valence-corrected chi connectivity index (χ4v) is 5.35. The summed E-state index contributed by atoms with van der Waals surface area (Å²) >= 11 is 6.26. The van der Waals surface area contributed by atoms with Crippen molar-refractivity contribution in [1.29, 1.82) is 0 Å². The van der Waals surface area contributed by atoms with Gasteiger partial charge in [-0.2, -0.15) is 0 Å². The number of anilines is 1. The van der Waals surface area contributed by atoms with Gasteiger partial charge in [0.25, 0.3) is 15.9 Å². The molecule has 0 atom stereocenters. The zero-order valence-corrected chi connectivity index (χ0v) is 21.0. The summed E-state index contributed by atoms with van der Waals surface area (Å²) in [6.07, 6.45) is 6.04. The number of unbranched alkanes of at least 4 members (excludes halogenated alkanes) is 1. The molecule has 1 aliphatic heterocycles. The van der Waals surface area contributed by atoms with Gasteiger partial charge in [0.15, 0.2) is 0 Å². The molecule has 8 heteroatoms. The highest BCUT2D eigenvalue weighted by atomic mass is 35.5. The summed E-state index contributed by atoms with van der Waals surface area (Å²) in [6, 6.07) is 11.7. The van der Waals surface area contributed by atoms with E-state index in [1.807, 2.05) is 12.1 Å². The van der Waals surface area contributed by atoms with Crippen LogP contribution in [0.1, 0.15) is 61.9 Å². The Labute approximate surface area is 202 Å². The van der Waals surface area contributed by atoms with E-state index in [1.54, 1.807) is 12.1 Å². The van der Waals surface area contributed by atoms with Crippen LogP contribution in [0.5, 0.6) is 0 Å². The Morgan fingerprint density at radius 2 is 1.76 bits per heavy atom. The van der Waals surface area contributed by atoms with Crippen LogP contribution < -0.4 is 10.0 Å². The largest absolute Gasteiger partial charge is 0.349 e. The highest BCUT2D eigenvalue weighted by Crippen LogP contribution is 2.24. The number of carbonyl (C=O) groups is 1. The van der Waals surface area contributed by atoms with Crippen molar-refractivity contribution in [2.24, 2.45) is 0 Å². The van der Waals surface area contributed by atoms with Gasteiger partial charge in [0.05, 0.1) is 15.5 Å². The van der Waals surface area contributed by atoms with E-state index in [0.717, 1.165) is 58.2 Å². The van der Waals surface area contributed by atoms with Gasteiger partial charge in [-0.05, 0) is 74.5 Å². The fraction of sp³-hybridized carbons (Fsp3) is 0.480. The number of hydrogen-bond donors (Lipinski definition) is 2. The van der Waals surface area contributed by atoms with Crippen molar-refractivity contribution in [3.8, 4) is 0 Å². The Kier molecular flexibility index (Phi) is 9.18. The fourth-order valence-electron chi connectivity index (χ4n) is 4.06. The lowest BCUT2D eigenvalue weighted by Gasteiger charge is -2.32. The number of aryl methyl sites for hydroxylation is 1. The van der Waals surface area contributed by atoms with Crippen molar-refractivity contribution >= 4 is 33.2 Å². The van der Waals surface area contributed by atoms with Gasteiger partial charge in [0.2, 0.25) is 0 Å². The number of amides is 1. The first-order valence-electron chi connectivity index (χ1n) is 11.8. The molecule has 0 unspecified atom stereocenters. The van der Waals surface area contributed by atoms with Gasteiger partial charge in [0, 0.05) is 24.8 Å². The van der Waals surface area contributed by atoms with Gasteiger partial charge < -0.3 is 10.2 Å². The van der Waals surface area contributed by atoms with Crippen molar-refractivity contribution < 1.29 is 13.2 Å². The van der Waals surface area contributed by atoms with Crippen molar-refractivity contribution in [2.75, 3.05) is 24.4 Å². The minimum absolute atomic E-state index is 0.00451. The molecular formula is C25H34ClN3O3S. The maximum atomic E-state index is 12.9. The number of hydrogen-bond acceptors (Lipinski definition) is 4. The summed E-state index contributed by atoms with van der Waals surface area (Å²) in [5.41, 5.74) is 1.83. The number of likely N-dealkylation sites (tertiary alicyclic amines) is 1. The molecule has 0 spiro atoms. The van der Waals surface area contributed by atoms with Crippen LogP contribution in [0, 0.1) is 0 Å². The number of halogens is 1. The zero-order valence-electron chi connectivity index (χ0n) is 19.4. The number of benzene rings is 2. The second-order valence-corrected chi connectivity index (χ2v) is 10.7. The lowest BCUT2D eigenvalue weighted by Crippen LogP contribution is -2.44. The summed E-state index contributed by atoms with van der Waals surface area (Å²) in [5, 5.41) is 3.26. The predicted molar refractivity (Wildman–Crippen MR) is 135 cm³/mol. The third-order valence-electron chi connectivity index (χ3n) is 5.98. The molecule has 1 saturated heterocycles. The SMILES string of the molecule is CCCCc1ccc(NS(=O)(=O)c2ccc(Cl)c(C(=O)NC3CCN(CCC)CC3)c2)cc1. The lowest BCUT2D eigenvalue weighted by molar-refractivity contribution is 0.0911. The molecular weight excluding hydrogens is 458 g/mol. The monoisotopic (exact) mass is 491 g/mol. The quantitative estimate of drug-likeness (QED) is 0.485. The summed E-state index contributed by atoms with van der Waals surface area (Å²) in [7, 11) is -3.86. The Hall–Kier alpha value is -2.09. The van der Waals surface area contributed by atoms with Crippen molar-refractivity contribution in [3.63, 3.8) is 0 Å². The van der Waals surface area contributed by atoms with E-state index in [-0.39, 0.29) is 27.4 Å². The van der Waals surface area contributed by atoms with Gasteiger partial charge in [-0.3, -0.25) is 9.52 Å². The highest BCUT2D eigenvalue weighted by Gasteiger charge is 2.23. The van der Waals surface area contributed by atoms with Crippen LogP contribution in [0.3, 0.4) is 0 Å².